The third-order valence-corrected chi connectivity index (χ3v) is 15.0. The molecule has 5 aliphatic rings. The van der Waals surface area contributed by atoms with Gasteiger partial charge in [-0.15, -0.1) is 13.2 Å². The minimum absolute atomic E-state index is 0.000219. The number of amides is 2. The molecule has 3 aliphatic heterocycles. The number of aliphatic hydroxyl groups is 2. The third-order valence-electron chi connectivity index (χ3n) is 15.0. The van der Waals surface area contributed by atoms with Gasteiger partial charge >= 0.3 is 12.2 Å². The summed E-state index contributed by atoms with van der Waals surface area (Å²) < 4.78 is 44.2. The van der Waals surface area contributed by atoms with Gasteiger partial charge in [0.15, 0.2) is 11.5 Å². The van der Waals surface area contributed by atoms with E-state index in [1.54, 1.807) is 23.1 Å². The number of oxime groups is 1. The molecule has 0 bridgehead atoms. The van der Waals surface area contributed by atoms with E-state index in [1.165, 1.54) is 44.9 Å². The average Bonchev–Trinajstić information content (AvgIpc) is 3.88. The first-order valence-electron chi connectivity index (χ1n) is 27.6. The Bertz CT molecular complexity index is 2140. The van der Waals surface area contributed by atoms with Gasteiger partial charge in [-0.3, -0.25) is 4.90 Å². The maximum Gasteiger partial charge on any atom is 0.412 e. The molecule has 402 valence electrons. The van der Waals surface area contributed by atoms with Gasteiger partial charge in [0.2, 0.25) is 18.9 Å². The second kappa shape index (κ2) is 29.1. The smallest absolute Gasteiger partial charge is 0.412 e. The quantitative estimate of drug-likeness (QED) is 0.0371. The van der Waals surface area contributed by atoms with E-state index < -0.39 is 36.2 Å². The first-order valence-corrected chi connectivity index (χ1v) is 27.6. The predicted octanol–water partition coefficient (Wildman–Crippen LogP) is 11.8. The number of unbranched alkanes of at least 4 members (excludes halogenated alkanes) is 11. The van der Waals surface area contributed by atoms with E-state index in [9.17, 15) is 19.8 Å². The van der Waals surface area contributed by atoms with Gasteiger partial charge in [0.05, 0.1) is 31.5 Å². The van der Waals surface area contributed by atoms with E-state index in [0.29, 0.717) is 67.5 Å². The summed E-state index contributed by atoms with van der Waals surface area (Å²) in [5.41, 5.74) is 3.11. The molecule has 73 heavy (non-hydrogen) atoms. The number of ether oxygens (including phenoxy) is 7. The highest BCUT2D eigenvalue weighted by Crippen LogP contribution is 2.62. The molecule has 1 saturated heterocycles. The van der Waals surface area contributed by atoms with Gasteiger partial charge in [0.1, 0.15) is 17.5 Å². The van der Waals surface area contributed by atoms with E-state index in [1.807, 2.05) is 30.3 Å². The fourth-order valence-electron chi connectivity index (χ4n) is 11.4. The highest BCUT2D eigenvalue weighted by molar-refractivity contribution is 6.03. The van der Waals surface area contributed by atoms with E-state index in [-0.39, 0.29) is 63.9 Å². The minimum atomic E-state index is -1.55. The van der Waals surface area contributed by atoms with Gasteiger partial charge in [-0.1, -0.05) is 107 Å². The van der Waals surface area contributed by atoms with Crippen molar-refractivity contribution in [2.75, 3.05) is 46.4 Å². The van der Waals surface area contributed by atoms with Crippen molar-refractivity contribution in [1.29, 1.82) is 0 Å². The average molecular weight is 1010 g/mol. The molecule has 3 heterocycles. The lowest BCUT2D eigenvalue weighted by atomic mass is 9.55. The van der Waals surface area contributed by atoms with E-state index in [4.69, 9.17) is 43.2 Å². The van der Waals surface area contributed by atoms with Crippen LogP contribution >= 0.6 is 0 Å². The number of carbonyl (C=O) groups excluding carboxylic acids is 2. The Balaban J connectivity index is 1.29. The Morgan fingerprint density at radius 1 is 0.877 bits per heavy atom. The lowest BCUT2D eigenvalue weighted by Gasteiger charge is -2.59. The van der Waals surface area contributed by atoms with E-state index >= 15 is 0 Å². The first kappa shape index (κ1) is 55.7. The number of nitrogens with zero attached hydrogens (tertiary/aromatic N) is 2. The van der Waals surface area contributed by atoms with Crippen LogP contribution in [0.2, 0.25) is 0 Å². The molecule has 2 aromatic carbocycles. The number of fused-ring (bicyclic) bond motifs is 3. The zero-order valence-corrected chi connectivity index (χ0v) is 43.5. The SMILES string of the molecule is C=CCCOC(=O)N(Cc1ccc2c(c1)OCO2)C1CC(=NOC2CCCCO2)C2=CC(CCCCO)C(CCCCO)C3c4cc(OC(=O)NCCCCCCCCCCCC)ccc4OC1(OCC=C)C23. The fraction of sp³-hybridized carbons (Fsp3) is 0.638. The molecule has 3 N–H and O–H groups in total. The molecule has 0 aromatic heterocycles. The van der Waals surface area contributed by atoms with Crippen LogP contribution in [0.15, 0.2) is 78.5 Å². The van der Waals surface area contributed by atoms with Crippen LogP contribution in [0.5, 0.6) is 23.0 Å². The van der Waals surface area contributed by atoms with Crippen molar-refractivity contribution in [3.8, 4) is 23.0 Å². The topological polar surface area (TPSA) is 176 Å². The molecule has 7 atom stereocenters. The zero-order chi connectivity index (χ0) is 51.3. The van der Waals surface area contributed by atoms with Gasteiger partial charge in [-0.05, 0) is 105 Å². The number of rotatable bonds is 31. The van der Waals surface area contributed by atoms with Crippen LogP contribution in [0, 0.1) is 17.8 Å². The van der Waals surface area contributed by atoms with Crippen molar-refractivity contribution in [3.63, 3.8) is 0 Å². The summed E-state index contributed by atoms with van der Waals surface area (Å²) in [6.45, 7) is 11.8. The van der Waals surface area contributed by atoms with Crippen LogP contribution in [0.25, 0.3) is 0 Å². The minimum Gasteiger partial charge on any atom is -0.459 e. The molecule has 2 amide bonds. The predicted molar refractivity (Wildman–Crippen MR) is 280 cm³/mol. The molecule has 2 aromatic rings. The molecule has 1 saturated carbocycles. The summed E-state index contributed by atoms with van der Waals surface area (Å²) in [6, 6.07) is 10.3. The fourth-order valence-corrected chi connectivity index (χ4v) is 11.4. The molecule has 7 unspecified atom stereocenters. The molecular formula is C58H83N3O12. The van der Waals surface area contributed by atoms with Gasteiger partial charge in [-0.2, -0.15) is 0 Å². The van der Waals surface area contributed by atoms with Gasteiger partial charge < -0.3 is 53.5 Å². The Kier molecular flexibility index (Phi) is 22.2. The van der Waals surface area contributed by atoms with E-state index in [0.717, 1.165) is 74.5 Å². The first-order chi connectivity index (χ1) is 35.8. The maximum atomic E-state index is 14.9. The largest absolute Gasteiger partial charge is 0.459 e. The highest BCUT2D eigenvalue weighted by Gasteiger charge is 2.66. The summed E-state index contributed by atoms with van der Waals surface area (Å²) in [5.74, 6) is -0.429. The van der Waals surface area contributed by atoms with Crippen LogP contribution in [0.1, 0.15) is 159 Å². The number of nitrogens with one attached hydrogen (secondary N) is 1. The summed E-state index contributed by atoms with van der Waals surface area (Å²) in [6.07, 6.45) is 23.6. The maximum absolute atomic E-state index is 14.9. The van der Waals surface area contributed by atoms with Crippen LogP contribution in [0.3, 0.4) is 0 Å². The second-order valence-corrected chi connectivity index (χ2v) is 20.2. The molecule has 7 rings (SSSR count). The Hall–Kier alpha value is -5.09. The Labute approximate surface area is 433 Å². The van der Waals surface area contributed by atoms with Crippen LogP contribution < -0.4 is 24.3 Å². The molecule has 0 radical (unpaired) electrons. The summed E-state index contributed by atoms with van der Waals surface area (Å²) in [5, 5.41) is 28.1. The summed E-state index contributed by atoms with van der Waals surface area (Å²) in [7, 11) is 0. The molecular weight excluding hydrogens is 931 g/mol. The lowest BCUT2D eigenvalue weighted by molar-refractivity contribution is -0.256. The zero-order valence-electron chi connectivity index (χ0n) is 43.5. The van der Waals surface area contributed by atoms with Crippen LogP contribution in [0.4, 0.5) is 9.59 Å². The number of hydrogen-bond acceptors (Lipinski definition) is 13. The lowest BCUT2D eigenvalue weighted by Crippen LogP contribution is -2.70. The third kappa shape index (κ3) is 14.8. The standard InChI is InChI=1S/C58H83N3O12/c1-4-7-9-10-11-12-13-14-15-19-30-59-56(64)71-44-27-29-49-47(38-44)54-45(24-17-21-32-63)43(23-16-20-31-62)37-46-48(60-73-53-25-18-22-35-66-53)39-52(58(72-49,55(46)54)70-33-6-3)61(57(65)67-34-8-5-2)40-42-26-28-50-51(36-42)69-41-68-50/h5-6,26-29,36-38,43,45,52-55,62-63H,2-4,7-25,30-35,39-41H2,1H3,(H,59,64). The number of allylic oxidation sites excluding steroid dienone is 1. The van der Waals surface area contributed by atoms with Gasteiger partial charge in [0, 0.05) is 50.6 Å². The molecule has 15 heteroatoms. The van der Waals surface area contributed by atoms with Crippen molar-refractivity contribution in [2.45, 2.75) is 172 Å². The van der Waals surface area contributed by atoms with E-state index in [2.05, 4.69) is 31.5 Å². The molecule has 15 nitrogen and oxygen atoms in total. The number of carbonyl (C=O) groups is 2. The second-order valence-electron chi connectivity index (χ2n) is 20.2. The number of benzene rings is 2. The Morgan fingerprint density at radius 3 is 2.37 bits per heavy atom. The van der Waals surface area contributed by atoms with Crippen LogP contribution in [-0.4, -0.2) is 97.5 Å². The van der Waals surface area contributed by atoms with Gasteiger partial charge in [-0.25, -0.2) is 9.59 Å². The number of aliphatic hydroxyl groups excluding tert-OH is 2. The van der Waals surface area contributed by atoms with Crippen LogP contribution in [-0.2, 0) is 25.6 Å². The van der Waals surface area contributed by atoms with Gasteiger partial charge in [0.25, 0.3) is 0 Å². The van der Waals surface area contributed by atoms with Crippen molar-refractivity contribution in [3.05, 3.63) is 84.5 Å². The normalized spacial score (nSPS) is 24.1. The number of hydrogen-bond donors (Lipinski definition) is 3. The summed E-state index contributed by atoms with van der Waals surface area (Å²) in [4.78, 5) is 36.4. The monoisotopic (exact) mass is 1010 g/mol. The van der Waals surface area contributed by atoms with Crippen molar-refractivity contribution in [2.24, 2.45) is 22.9 Å². The summed E-state index contributed by atoms with van der Waals surface area (Å²) >= 11 is 0. The molecule has 2 fully saturated rings. The Morgan fingerprint density at radius 2 is 1.63 bits per heavy atom. The van der Waals surface area contributed by atoms with Crippen molar-refractivity contribution < 1.29 is 57.8 Å². The highest BCUT2D eigenvalue weighted by atomic mass is 16.8. The van der Waals surface area contributed by atoms with Crippen molar-refractivity contribution >= 4 is 17.9 Å². The van der Waals surface area contributed by atoms with Crippen molar-refractivity contribution in [1.82, 2.24) is 10.2 Å². The molecule has 2 aliphatic carbocycles. The molecule has 0 spiro atoms.